The Bertz CT molecular complexity index is 770. The summed E-state index contributed by atoms with van der Waals surface area (Å²) in [6, 6.07) is 4.39. The first-order valence-electron chi connectivity index (χ1n) is 8.12. The maximum absolute atomic E-state index is 12.4. The van der Waals surface area contributed by atoms with Gasteiger partial charge in [-0.15, -0.1) is 0 Å². The van der Waals surface area contributed by atoms with E-state index in [-0.39, 0.29) is 18.1 Å². The Labute approximate surface area is 145 Å². The minimum atomic E-state index is -0.766. The molecule has 2 aliphatic rings. The largest absolute Gasteiger partial charge is 0.483 e. The normalized spacial score (nSPS) is 19.2. The lowest BCUT2D eigenvalue weighted by atomic mass is 9.88. The van der Waals surface area contributed by atoms with Gasteiger partial charge in [-0.1, -0.05) is 0 Å². The maximum Gasteiger partial charge on any atom is 0.270 e. The van der Waals surface area contributed by atoms with Gasteiger partial charge >= 0.3 is 0 Å². The number of hydrogen-bond acceptors (Lipinski definition) is 6. The van der Waals surface area contributed by atoms with Crippen molar-refractivity contribution in [3.05, 3.63) is 39.4 Å². The minimum absolute atomic E-state index is 0.0248. The highest BCUT2D eigenvalue weighted by atomic mass is 16.6. The highest BCUT2D eigenvalue weighted by molar-refractivity contribution is 5.92. The van der Waals surface area contributed by atoms with Gasteiger partial charge in [-0.25, -0.2) is 0 Å². The van der Waals surface area contributed by atoms with Crippen LogP contribution in [0.3, 0.4) is 0 Å². The number of fused-ring (bicyclic) bond motifs is 1. The van der Waals surface area contributed by atoms with Crippen LogP contribution in [0, 0.1) is 10.1 Å². The van der Waals surface area contributed by atoms with Gasteiger partial charge in [-0.2, -0.15) is 5.06 Å². The van der Waals surface area contributed by atoms with E-state index in [1.54, 1.807) is 11.0 Å². The molecular weight excluding hydrogens is 326 g/mol. The first-order chi connectivity index (χ1) is 11.7. The molecule has 2 aliphatic heterocycles. The summed E-state index contributed by atoms with van der Waals surface area (Å²) in [5.74, 6) is 0.470. The van der Waals surface area contributed by atoms with Crippen molar-refractivity contribution in [1.29, 1.82) is 0 Å². The van der Waals surface area contributed by atoms with Crippen molar-refractivity contribution < 1.29 is 19.7 Å². The molecule has 0 aromatic heterocycles. The quantitative estimate of drug-likeness (QED) is 0.664. The Balaban J connectivity index is 2.25. The summed E-state index contributed by atoms with van der Waals surface area (Å²) >= 11 is 0. The fraction of sp³-hybridized carbons (Fsp3) is 0.471. The van der Waals surface area contributed by atoms with Crippen LogP contribution >= 0.6 is 0 Å². The zero-order chi connectivity index (χ0) is 18.4. The number of benzene rings is 1. The molecule has 0 bridgehead atoms. The van der Waals surface area contributed by atoms with Crippen LogP contribution in [0.25, 0.3) is 5.70 Å². The number of likely N-dealkylation sites (N-methyl/N-ethyl adjacent to an activating group) is 1. The second-order valence-electron chi connectivity index (χ2n) is 6.84. The van der Waals surface area contributed by atoms with E-state index in [9.17, 15) is 20.1 Å². The number of nitro benzene ring substituents is 1. The number of ether oxygens (including phenoxy) is 1. The van der Waals surface area contributed by atoms with Crippen molar-refractivity contribution >= 4 is 17.3 Å². The molecule has 1 fully saturated rings. The molecule has 0 spiro atoms. The third kappa shape index (κ3) is 3.10. The molecule has 8 heteroatoms. The summed E-state index contributed by atoms with van der Waals surface area (Å²) in [7, 11) is 1.51. The molecule has 25 heavy (non-hydrogen) atoms. The van der Waals surface area contributed by atoms with Crippen LogP contribution in [-0.2, 0) is 4.79 Å². The van der Waals surface area contributed by atoms with Crippen molar-refractivity contribution in [2.75, 3.05) is 20.1 Å². The molecule has 0 atom stereocenters. The first kappa shape index (κ1) is 17.4. The molecule has 0 radical (unpaired) electrons. The SMILES string of the molecule is CN(O)CC1=C(N2CCCC2=O)c2cc([N+](=O)[O-])ccc2OC1(C)C. The molecule has 1 aromatic rings. The molecular formula is C17H21N3O5. The van der Waals surface area contributed by atoms with Gasteiger partial charge in [-0.3, -0.25) is 14.9 Å². The number of amides is 1. The van der Waals surface area contributed by atoms with Crippen molar-refractivity contribution in [2.24, 2.45) is 0 Å². The van der Waals surface area contributed by atoms with E-state index in [0.29, 0.717) is 35.5 Å². The van der Waals surface area contributed by atoms with Gasteiger partial charge < -0.3 is 14.8 Å². The van der Waals surface area contributed by atoms with Crippen molar-refractivity contribution in [3.8, 4) is 5.75 Å². The van der Waals surface area contributed by atoms with Crippen LogP contribution in [0.2, 0.25) is 0 Å². The second-order valence-corrected chi connectivity index (χ2v) is 6.84. The molecule has 1 saturated heterocycles. The molecule has 0 aliphatic carbocycles. The summed E-state index contributed by atoms with van der Waals surface area (Å²) < 4.78 is 6.04. The fourth-order valence-corrected chi connectivity index (χ4v) is 3.38. The standard InChI is InChI=1S/C17H21N3O5/c1-17(2)13(10-18(3)22)16(19-8-4-5-15(19)21)12-9-11(20(23)24)6-7-14(12)25-17/h6-7,9,22H,4-5,8,10H2,1-3H3. The lowest BCUT2D eigenvalue weighted by molar-refractivity contribution is -0.384. The minimum Gasteiger partial charge on any atom is -0.483 e. The number of nitro groups is 1. The van der Waals surface area contributed by atoms with Crippen LogP contribution in [0.4, 0.5) is 5.69 Å². The number of hydroxylamine groups is 2. The van der Waals surface area contributed by atoms with Crippen LogP contribution in [0.15, 0.2) is 23.8 Å². The van der Waals surface area contributed by atoms with Gasteiger partial charge in [0.1, 0.15) is 11.4 Å². The lowest BCUT2D eigenvalue weighted by Crippen LogP contribution is -2.42. The Kier molecular flexibility index (Phi) is 4.26. The van der Waals surface area contributed by atoms with E-state index < -0.39 is 10.5 Å². The molecule has 1 aromatic carbocycles. The van der Waals surface area contributed by atoms with Crippen LogP contribution in [0.5, 0.6) is 5.75 Å². The monoisotopic (exact) mass is 347 g/mol. The van der Waals surface area contributed by atoms with E-state index in [2.05, 4.69) is 0 Å². The Morgan fingerprint density at radius 1 is 1.44 bits per heavy atom. The Morgan fingerprint density at radius 3 is 2.72 bits per heavy atom. The summed E-state index contributed by atoms with van der Waals surface area (Å²) in [4.78, 5) is 24.8. The summed E-state index contributed by atoms with van der Waals surface area (Å²) in [6.45, 7) is 4.42. The van der Waals surface area contributed by atoms with E-state index in [0.717, 1.165) is 11.5 Å². The van der Waals surface area contributed by atoms with Crippen LogP contribution < -0.4 is 4.74 Å². The van der Waals surface area contributed by atoms with E-state index >= 15 is 0 Å². The maximum atomic E-state index is 12.4. The average molecular weight is 347 g/mol. The molecule has 134 valence electrons. The number of nitrogens with zero attached hydrogens (tertiary/aromatic N) is 3. The summed E-state index contributed by atoms with van der Waals surface area (Å²) in [6.07, 6.45) is 1.17. The molecule has 0 saturated carbocycles. The van der Waals surface area contributed by atoms with Crippen LogP contribution in [0.1, 0.15) is 32.3 Å². The smallest absolute Gasteiger partial charge is 0.270 e. The van der Waals surface area contributed by atoms with Crippen LogP contribution in [-0.4, -0.2) is 51.7 Å². The number of non-ortho nitro benzene ring substituents is 1. The predicted molar refractivity (Wildman–Crippen MR) is 90.1 cm³/mol. The molecule has 0 unspecified atom stereocenters. The Hall–Kier alpha value is -2.45. The number of hydrogen-bond donors (Lipinski definition) is 1. The number of likely N-dealkylation sites (tertiary alicyclic amines) is 1. The van der Waals surface area contributed by atoms with Crippen molar-refractivity contribution in [2.45, 2.75) is 32.3 Å². The fourth-order valence-electron chi connectivity index (χ4n) is 3.38. The Morgan fingerprint density at radius 2 is 2.16 bits per heavy atom. The molecule has 1 N–H and O–H groups in total. The predicted octanol–water partition coefficient (Wildman–Crippen LogP) is 2.42. The summed E-state index contributed by atoms with van der Waals surface area (Å²) in [5, 5.41) is 22.0. The number of carbonyl (C=O) groups excluding carboxylic acids is 1. The third-order valence-electron chi connectivity index (χ3n) is 4.54. The lowest BCUT2D eigenvalue weighted by Gasteiger charge is -2.40. The van der Waals surface area contributed by atoms with Crippen molar-refractivity contribution in [3.63, 3.8) is 0 Å². The van der Waals surface area contributed by atoms with E-state index in [1.807, 2.05) is 13.8 Å². The zero-order valence-electron chi connectivity index (χ0n) is 14.5. The molecule has 2 heterocycles. The highest BCUT2D eigenvalue weighted by Crippen LogP contribution is 2.44. The second kappa shape index (κ2) is 6.12. The third-order valence-corrected chi connectivity index (χ3v) is 4.54. The zero-order valence-corrected chi connectivity index (χ0v) is 14.5. The van der Waals surface area contributed by atoms with Gasteiger partial charge in [-0.05, 0) is 26.3 Å². The van der Waals surface area contributed by atoms with Gasteiger partial charge in [0.05, 0.1) is 17.2 Å². The van der Waals surface area contributed by atoms with Gasteiger partial charge in [0.2, 0.25) is 5.91 Å². The van der Waals surface area contributed by atoms with Gasteiger partial charge in [0.25, 0.3) is 5.69 Å². The average Bonchev–Trinajstić information content (AvgIpc) is 2.92. The molecule has 8 nitrogen and oxygen atoms in total. The van der Waals surface area contributed by atoms with E-state index in [4.69, 9.17) is 4.74 Å². The highest BCUT2D eigenvalue weighted by Gasteiger charge is 2.40. The number of carbonyl (C=O) groups is 1. The molecule has 3 rings (SSSR count). The topological polar surface area (TPSA) is 96.2 Å². The van der Waals surface area contributed by atoms with E-state index in [1.165, 1.54) is 19.2 Å². The van der Waals surface area contributed by atoms with Gasteiger partial charge in [0, 0.05) is 43.3 Å². The first-order valence-corrected chi connectivity index (χ1v) is 8.12. The molecule has 1 amide bonds. The summed E-state index contributed by atoms with van der Waals surface area (Å²) in [5.41, 5.74) is 1.00. The van der Waals surface area contributed by atoms with Crippen molar-refractivity contribution in [1.82, 2.24) is 9.96 Å². The van der Waals surface area contributed by atoms with Gasteiger partial charge in [0.15, 0.2) is 0 Å². The number of rotatable bonds is 4.